The maximum atomic E-state index is 13.5. The molecule has 0 atom stereocenters. The first-order chi connectivity index (χ1) is 14.4. The summed E-state index contributed by atoms with van der Waals surface area (Å²) < 4.78 is 5.70. The molecule has 0 spiro atoms. The molecule has 2 aromatic carbocycles. The van der Waals surface area contributed by atoms with E-state index in [0.29, 0.717) is 17.0 Å². The van der Waals surface area contributed by atoms with Crippen molar-refractivity contribution in [3.63, 3.8) is 0 Å². The molecule has 5 heteroatoms. The average Bonchev–Trinajstić information content (AvgIpc) is 3.31. The Balaban J connectivity index is 1.75. The van der Waals surface area contributed by atoms with Gasteiger partial charge >= 0.3 is 0 Å². The lowest BCUT2D eigenvalue weighted by atomic mass is 9.99. The van der Waals surface area contributed by atoms with E-state index in [1.165, 1.54) is 4.90 Å². The second kappa shape index (κ2) is 7.98. The van der Waals surface area contributed by atoms with Crippen LogP contribution < -0.4 is 9.64 Å². The molecule has 1 fully saturated rings. The largest absolute Gasteiger partial charge is 0.491 e. The molecule has 0 radical (unpaired) electrons. The monoisotopic (exact) mass is 404 g/mol. The van der Waals surface area contributed by atoms with Gasteiger partial charge in [0.2, 0.25) is 0 Å². The molecule has 0 saturated carbocycles. The predicted octanol–water partition coefficient (Wildman–Crippen LogP) is 4.47. The van der Waals surface area contributed by atoms with Gasteiger partial charge in [0.1, 0.15) is 11.4 Å². The van der Waals surface area contributed by atoms with Crippen LogP contribution in [0.4, 0.5) is 5.69 Å². The number of nitrogens with zero attached hydrogens (tertiary/aromatic N) is 2. The number of aryl methyl sites for hydroxylation is 2. The highest BCUT2D eigenvalue weighted by Gasteiger charge is 2.43. The highest BCUT2D eigenvalue weighted by atomic mass is 16.5. The van der Waals surface area contributed by atoms with Crippen molar-refractivity contribution >= 4 is 23.1 Å². The van der Waals surface area contributed by atoms with Gasteiger partial charge < -0.3 is 9.64 Å². The van der Waals surface area contributed by atoms with Crippen molar-refractivity contribution < 1.29 is 14.3 Å². The summed E-state index contributed by atoms with van der Waals surface area (Å²) in [5.41, 5.74) is 4.68. The van der Waals surface area contributed by atoms with Gasteiger partial charge in [0, 0.05) is 13.1 Å². The molecular formula is C25H28N2O3. The zero-order valence-electron chi connectivity index (χ0n) is 18.1. The summed E-state index contributed by atoms with van der Waals surface area (Å²) >= 11 is 0. The number of likely N-dealkylation sites (tertiary alicyclic amines) is 1. The van der Waals surface area contributed by atoms with Gasteiger partial charge in [0.25, 0.3) is 11.8 Å². The molecule has 2 aromatic rings. The molecule has 0 aliphatic carbocycles. The fraction of sp³-hybridized carbons (Fsp3) is 0.360. The summed E-state index contributed by atoms with van der Waals surface area (Å²) in [5, 5.41) is 0. The minimum absolute atomic E-state index is 0.0608. The van der Waals surface area contributed by atoms with Gasteiger partial charge in [-0.25, -0.2) is 4.90 Å². The van der Waals surface area contributed by atoms with E-state index in [9.17, 15) is 9.59 Å². The Morgan fingerprint density at radius 1 is 0.867 bits per heavy atom. The third kappa shape index (κ3) is 3.60. The minimum atomic E-state index is -0.261. The van der Waals surface area contributed by atoms with Crippen LogP contribution in [-0.4, -0.2) is 35.9 Å². The van der Waals surface area contributed by atoms with Crippen LogP contribution in [0.25, 0.3) is 5.57 Å². The third-order valence-corrected chi connectivity index (χ3v) is 5.74. The minimum Gasteiger partial charge on any atom is -0.491 e. The van der Waals surface area contributed by atoms with E-state index in [1.54, 1.807) is 24.3 Å². The number of carbonyl (C=O) groups excluding carboxylic acids is 2. The second-order valence-corrected chi connectivity index (χ2v) is 8.32. The molecule has 156 valence electrons. The van der Waals surface area contributed by atoms with Crippen LogP contribution >= 0.6 is 0 Å². The van der Waals surface area contributed by atoms with E-state index in [1.807, 2.05) is 45.9 Å². The van der Waals surface area contributed by atoms with Crippen molar-refractivity contribution in [2.75, 3.05) is 18.0 Å². The molecule has 0 aromatic heterocycles. The Bertz CT molecular complexity index is 1020. The lowest BCUT2D eigenvalue weighted by Crippen LogP contribution is -2.34. The molecule has 0 N–H and O–H groups in total. The number of hydrogen-bond donors (Lipinski definition) is 0. The molecule has 30 heavy (non-hydrogen) atoms. The topological polar surface area (TPSA) is 49.9 Å². The summed E-state index contributed by atoms with van der Waals surface area (Å²) in [4.78, 5) is 30.4. The molecular weight excluding hydrogens is 376 g/mol. The number of benzene rings is 2. The third-order valence-electron chi connectivity index (χ3n) is 5.74. The Kier molecular flexibility index (Phi) is 5.37. The summed E-state index contributed by atoms with van der Waals surface area (Å²) in [6, 6.07) is 13.1. The van der Waals surface area contributed by atoms with Crippen LogP contribution in [0, 0.1) is 13.8 Å². The van der Waals surface area contributed by atoms with Gasteiger partial charge in [0.15, 0.2) is 0 Å². The molecule has 2 aliphatic heterocycles. The first-order valence-corrected chi connectivity index (χ1v) is 10.6. The molecule has 5 nitrogen and oxygen atoms in total. The van der Waals surface area contributed by atoms with E-state index < -0.39 is 0 Å². The van der Waals surface area contributed by atoms with E-state index in [2.05, 4.69) is 4.90 Å². The lowest BCUT2D eigenvalue weighted by molar-refractivity contribution is -0.120. The Labute approximate surface area is 177 Å². The summed E-state index contributed by atoms with van der Waals surface area (Å²) in [6.07, 6.45) is 2.13. The van der Waals surface area contributed by atoms with Crippen LogP contribution in [0.1, 0.15) is 43.4 Å². The van der Waals surface area contributed by atoms with E-state index in [-0.39, 0.29) is 17.9 Å². The number of anilines is 1. The van der Waals surface area contributed by atoms with Gasteiger partial charge in [0.05, 0.1) is 17.4 Å². The zero-order chi connectivity index (χ0) is 21.4. The summed E-state index contributed by atoms with van der Waals surface area (Å²) in [5.74, 6) is 0.213. The molecule has 0 unspecified atom stereocenters. The van der Waals surface area contributed by atoms with Crippen LogP contribution in [-0.2, 0) is 9.59 Å². The SMILES string of the molecule is Cc1ccc(C2=C(N3CCCC3)C(=O)N(c3ccc(OC(C)C)cc3)C2=O)cc1C. The van der Waals surface area contributed by atoms with Crippen LogP contribution in [0.3, 0.4) is 0 Å². The fourth-order valence-electron chi connectivity index (χ4n) is 4.09. The maximum Gasteiger partial charge on any atom is 0.282 e. The van der Waals surface area contributed by atoms with Crippen molar-refractivity contribution in [2.45, 2.75) is 46.6 Å². The predicted molar refractivity (Wildman–Crippen MR) is 118 cm³/mol. The van der Waals surface area contributed by atoms with E-state index in [0.717, 1.165) is 48.4 Å². The molecule has 2 aliphatic rings. The van der Waals surface area contributed by atoms with Crippen molar-refractivity contribution in [2.24, 2.45) is 0 Å². The summed E-state index contributed by atoms with van der Waals surface area (Å²) in [7, 11) is 0. The zero-order valence-corrected chi connectivity index (χ0v) is 18.1. The maximum absolute atomic E-state index is 13.5. The van der Waals surface area contributed by atoms with E-state index in [4.69, 9.17) is 4.74 Å². The van der Waals surface area contributed by atoms with Crippen molar-refractivity contribution in [3.05, 3.63) is 64.9 Å². The number of imide groups is 1. The van der Waals surface area contributed by atoms with Gasteiger partial charge in [-0.2, -0.15) is 0 Å². The fourth-order valence-corrected chi connectivity index (χ4v) is 4.09. The van der Waals surface area contributed by atoms with Crippen molar-refractivity contribution in [1.29, 1.82) is 0 Å². The van der Waals surface area contributed by atoms with E-state index >= 15 is 0 Å². The molecule has 2 amide bonds. The quantitative estimate of drug-likeness (QED) is 0.690. The first-order valence-electron chi connectivity index (χ1n) is 10.6. The Hall–Kier alpha value is -3.08. The number of carbonyl (C=O) groups is 2. The summed E-state index contributed by atoms with van der Waals surface area (Å²) in [6.45, 7) is 9.60. The second-order valence-electron chi connectivity index (χ2n) is 8.32. The number of rotatable bonds is 5. The average molecular weight is 405 g/mol. The standard InChI is InChI=1S/C25H28N2O3/c1-16(2)30-21-11-9-20(10-12-21)27-24(28)22(19-8-7-17(3)18(4)15-19)23(25(27)29)26-13-5-6-14-26/h7-12,15-16H,5-6,13-14H2,1-4H3. The number of amides is 2. The van der Waals surface area contributed by atoms with Gasteiger partial charge in [-0.3, -0.25) is 9.59 Å². The smallest absolute Gasteiger partial charge is 0.282 e. The first kappa shape index (κ1) is 20.2. The molecule has 2 heterocycles. The van der Waals surface area contributed by atoms with Gasteiger partial charge in [-0.15, -0.1) is 0 Å². The number of hydrogen-bond acceptors (Lipinski definition) is 4. The van der Waals surface area contributed by atoms with Gasteiger partial charge in [-0.1, -0.05) is 18.2 Å². The molecule has 4 rings (SSSR count). The Morgan fingerprint density at radius 2 is 1.53 bits per heavy atom. The van der Waals surface area contributed by atoms with Gasteiger partial charge in [-0.05, 0) is 81.5 Å². The highest BCUT2D eigenvalue weighted by Crippen LogP contribution is 2.37. The molecule has 1 saturated heterocycles. The van der Waals surface area contributed by atoms with Crippen molar-refractivity contribution in [3.8, 4) is 5.75 Å². The van der Waals surface area contributed by atoms with Crippen LogP contribution in [0.2, 0.25) is 0 Å². The molecule has 0 bridgehead atoms. The normalized spacial score (nSPS) is 17.0. The van der Waals surface area contributed by atoms with Crippen molar-refractivity contribution in [1.82, 2.24) is 4.90 Å². The lowest BCUT2D eigenvalue weighted by Gasteiger charge is -2.20. The number of ether oxygens (including phenoxy) is 1. The Morgan fingerprint density at radius 3 is 2.13 bits per heavy atom. The highest BCUT2D eigenvalue weighted by molar-refractivity contribution is 6.45. The van der Waals surface area contributed by atoms with Crippen LogP contribution in [0.15, 0.2) is 48.2 Å². The van der Waals surface area contributed by atoms with Crippen LogP contribution in [0.5, 0.6) is 5.75 Å².